The number of thiocarbonyl (C=S) groups is 1. The van der Waals surface area contributed by atoms with Crippen molar-refractivity contribution in [3.05, 3.63) is 23.2 Å². The van der Waals surface area contributed by atoms with E-state index in [-0.39, 0.29) is 5.91 Å². The van der Waals surface area contributed by atoms with Crippen LogP contribution in [0.3, 0.4) is 0 Å². The van der Waals surface area contributed by atoms with Crippen molar-refractivity contribution in [2.24, 2.45) is 7.05 Å². The Bertz CT molecular complexity index is 547. The fourth-order valence-corrected chi connectivity index (χ4v) is 2.29. The predicted molar refractivity (Wildman–Crippen MR) is 78.3 cm³/mol. The van der Waals surface area contributed by atoms with Crippen LogP contribution in [0, 0.1) is 6.92 Å². The number of carbonyl (C=O) groups is 1. The van der Waals surface area contributed by atoms with Crippen molar-refractivity contribution in [3.8, 4) is 0 Å². The van der Waals surface area contributed by atoms with Gasteiger partial charge >= 0.3 is 0 Å². The maximum Gasteiger partial charge on any atom is 0.276 e. The van der Waals surface area contributed by atoms with Crippen molar-refractivity contribution in [2.45, 2.75) is 26.7 Å². The zero-order valence-electron chi connectivity index (χ0n) is 11.4. The summed E-state index contributed by atoms with van der Waals surface area (Å²) in [6.45, 7) is 4.68. The summed E-state index contributed by atoms with van der Waals surface area (Å²) in [6.07, 6.45) is 5.68. The van der Waals surface area contributed by atoms with Crippen molar-refractivity contribution in [1.29, 1.82) is 0 Å². The minimum Gasteiger partial charge on any atom is -0.328 e. The van der Waals surface area contributed by atoms with E-state index >= 15 is 0 Å². The van der Waals surface area contributed by atoms with Gasteiger partial charge in [-0.05, 0) is 31.6 Å². The van der Waals surface area contributed by atoms with Crippen LogP contribution >= 0.6 is 12.2 Å². The van der Waals surface area contributed by atoms with E-state index in [1.54, 1.807) is 9.58 Å². The van der Waals surface area contributed by atoms with Gasteiger partial charge in [-0.2, -0.15) is 5.10 Å². The Morgan fingerprint density at radius 3 is 2.84 bits per heavy atom. The molecule has 0 saturated carbocycles. The van der Waals surface area contributed by atoms with E-state index in [2.05, 4.69) is 17.3 Å². The van der Waals surface area contributed by atoms with Gasteiger partial charge in [0.2, 0.25) is 0 Å². The van der Waals surface area contributed by atoms with Crippen molar-refractivity contribution in [2.75, 3.05) is 6.54 Å². The number of carbonyl (C=O) groups excluding carboxylic acids is 1. The lowest BCUT2D eigenvalue weighted by atomic mass is 10.2. The van der Waals surface area contributed by atoms with Crippen molar-refractivity contribution in [3.63, 3.8) is 0 Å². The first-order valence-corrected chi connectivity index (χ1v) is 6.78. The standard InChI is InChI=1S/C13H18N4OS/c1-4-5-6-17-12(18)11(14-13(17)19)7-10-8-16(3)15-9(10)2/h7-8H,4-6H2,1-3H3,(H,14,19)/b11-7+. The van der Waals surface area contributed by atoms with Gasteiger partial charge in [-0.1, -0.05) is 13.3 Å². The summed E-state index contributed by atoms with van der Waals surface area (Å²) >= 11 is 5.19. The van der Waals surface area contributed by atoms with Crippen LogP contribution < -0.4 is 5.32 Å². The van der Waals surface area contributed by atoms with Crippen LogP contribution in [0.15, 0.2) is 11.9 Å². The second kappa shape index (κ2) is 5.52. The summed E-state index contributed by atoms with van der Waals surface area (Å²) in [6, 6.07) is 0. The molecule has 1 amide bonds. The van der Waals surface area contributed by atoms with Crippen LogP contribution in [0.1, 0.15) is 31.0 Å². The van der Waals surface area contributed by atoms with Gasteiger partial charge in [0.15, 0.2) is 5.11 Å². The lowest BCUT2D eigenvalue weighted by molar-refractivity contribution is -0.122. The van der Waals surface area contributed by atoms with Crippen LogP contribution in [0.5, 0.6) is 0 Å². The number of aromatic nitrogens is 2. The number of amides is 1. The summed E-state index contributed by atoms with van der Waals surface area (Å²) in [5, 5.41) is 7.72. The van der Waals surface area contributed by atoms with Crippen LogP contribution in [0.25, 0.3) is 6.08 Å². The number of unbranched alkanes of at least 4 members (excludes halogenated alkanes) is 1. The second-order valence-electron chi connectivity index (χ2n) is 4.64. The van der Waals surface area contributed by atoms with Gasteiger partial charge in [0, 0.05) is 25.4 Å². The summed E-state index contributed by atoms with van der Waals surface area (Å²) in [5.74, 6) is -0.0540. The smallest absolute Gasteiger partial charge is 0.276 e. The van der Waals surface area contributed by atoms with Crippen LogP contribution in [-0.2, 0) is 11.8 Å². The Kier molecular flexibility index (Phi) is 3.99. The van der Waals surface area contributed by atoms with E-state index < -0.39 is 0 Å². The third kappa shape index (κ3) is 2.84. The van der Waals surface area contributed by atoms with E-state index in [4.69, 9.17) is 12.2 Å². The molecule has 0 aliphatic carbocycles. The first-order valence-electron chi connectivity index (χ1n) is 6.37. The summed E-state index contributed by atoms with van der Waals surface area (Å²) < 4.78 is 1.73. The average Bonchev–Trinajstić information content (AvgIpc) is 2.79. The van der Waals surface area contributed by atoms with E-state index in [0.29, 0.717) is 17.4 Å². The fourth-order valence-electron chi connectivity index (χ4n) is 2.01. The molecular formula is C13H18N4OS. The van der Waals surface area contributed by atoms with Gasteiger partial charge in [-0.25, -0.2) is 0 Å². The highest BCUT2D eigenvalue weighted by Crippen LogP contribution is 2.16. The molecule has 0 spiro atoms. The molecule has 0 unspecified atom stereocenters. The zero-order valence-corrected chi connectivity index (χ0v) is 12.3. The fraction of sp³-hybridized carbons (Fsp3) is 0.462. The molecule has 0 atom stereocenters. The Morgan fingerprint density at radius 2 is 2.26 bits per heavy atom. The Morgan fingerprint density at radius 1 is 1.53 bits per heavy atom. The van der Waals surface area contributed by atoms with Crippen LogP contribution in [0.2, 0.25) is 0 Å². The van der Waals surface area contributed by atoms with E-state index in [1.807, 2.05) is 26.2 Å². The largest absolute Gasteiger partial charge is 0.328 e. The zero-order chi connectivity index (χ0) is 14.0. The first-order chi connectivity index (χ1) is 9.02. The summed E-state index contributed by atoms with van der Waals surface area (Å²) in [4.78, 5) is 13.8. The van der Waals surface area contributed by atoms with E-state index in [9.17, 15) is 4.79 Å². The van der Waals surface area contributed by atoms with Crippen LogP contribution in [0.4, 0.5) is 0 Å². The lowest BCUT2D eigenvalue weighted by Crippen LogP contribution is -2.31. The molecule has 0 bridgehead atoms. The number of rotatable bonds is 4. The highest BCUT2D eigenvalue weighted by Gasteiger charge is 2.30. The number of aryl methyl sites for hydroxylation is 2. The van der Waals surface area contributed by atoms with Crippen molar-refractivity contribution >= 4 is 29.3 Å². The second-order valence-corrected chi connectivity index (χ2v) is 5.03. The molecule has 19 heavy (non-hydrogen) atoms. The predicted octanol–water partition coefficient (Wildman–Crippen LogP) is 1.59. The molecule has 2 rings (SSSR count). The third-order valence-corrected chi connectivity index (χ3v) is 3.37. The average molecular weight is 278 g/mol. The number of nitrogens with one attached hydrogen (secondary N) is 1. The Hall–Kier alpha value is -1.69. The number of hydrogen-bond acceptors (Lipinski definition) is 3. The van der Waals surface area contributed by atoms with Crippen molar-refractivity contribution < 1.29 is 4.79 Å². The number of hydrogen-bond donors (Lipinski definition) is 1. The minimum absolute atomic E-state index is 0.0540. The molecule has 1 aliphatic heterocycles. The molecule has 1 aromatic heterocycles. The molecule has 1 aliphatic rings. The third-order valence-electron chi connectivity index (χ3n) is 3.05. The number of nitrogens with zero attached hydrogens (tertiary/aromatic N) is 3. The topological polar surface area (TPSA) is 50.2 Å². The monoisotopic (exact) mass is 278 g/mol. The summed E-state index contributed by atoms with van der Waals surface area (Å²) in [5.41, 5.74) is 2.35. The Balaban J connectivity index is 2.20. The first kappa shape index (κ1) is 13.7. The summed E-state index contributed by atoms with van der Waals surface area (Å²) in [7, 11) is 1.86. The van der Waals surface area contributed by atoms with Gasteiger partial charge in [-0.15, -0.1) is 0 Å². The molecule has 102 valence electrons. The van der Waals surface area contributed by atoms with Gasteiger partial charge in [0.25, 0.3) is 5.91 Å². The highest BCUT2D eigenvalue weighted by atomic mass is 32.1. The lowest BCUT2D eigenvalue weighted by Gasteiger charge is -2.12. The van der Waals surface area contributed by atoms with Gasteiger partial charge in [0.1, 0.15) is 5.70 Å². The molecule has 1 N–H and O–H groups in total. The highest BCUT2D eigenvalue weighted by molar-refractivity contribution is 7.80. The van der Waals surface area contributed by atoms with Gasteiger partial charge in [-0.3, -0.25) is 14.4 Å². The Labute approximate surface area is 118 Å². The minimum atomic E-state index is -0.0540. The molecule has 1 saturated heterocycles. The maximum atomic E-state index is 12.2. The SMILES string of the molecule is CCCCN1C(=O)/C(=C\c2cn(C)nc2C)NC1=S. The molecule has 0 radical (unpaired) electrons. The molecule has 0 aromatic carbocycles. The van der Waals surface area contributed by atoms with E-state index in [0.717, 1.165) is 24.1 Å². The molecular weight excluding hydrogens is 260 g/mol. The molecule has 5 nitrogen and oxygen atoms in total. The maximum absolute atomic E-state index is 12.2. The quantitative estimate of drug-likeness (QED) is 0.671. The molecule has 6 heteroatoms. The molecule has 1 fully saturated rings. The molecule has 2 heterocycles. The van der Waals surface area contributed by atoms with Crippen LogP contribution in [-0.4, -0.2) is 32.2 Å². The van der Waals surface area contributed by atoms with Crippen molar-refractivity contribution in [1.82, 2.24) is 20.0 Å². The molecule has 1 aromatic rings. The van der Waals surface area contributed by atoms with Gasteiger partial charge in [0.05, 0.1) is 5.69 Å². The normalized spacial score (nSPS) is 17.4. The van der Waals surface area contributed by atoms with Gasteiger partial charge < -0.3 is 5.32 Å². The van der Waals surface area contributed by atoms with E-state index in [1.165, 1.54) is 0 Å².